The summed E-state index contributed by atoms with van der Waals surface area (Å²) < 4.78 is 40.8. The van der Waals surface area contributed by atoms with E-state index in [1.54, 1.807) is 0 Å². The molecule has 0 bridgehead atoms. The van der Waals surface area contributed by atoms with E-state index in [9.17, 15) is 27.9 Å². The van der Waals surface area contributed by atoms with Crippen LogP contribution in [0, 0.1) is 6.92 Å². The molecule has 4 heterocycles. The first-order valence-electron chi connectivity index (χ1n) is 9.47. The molecule has 3 aromatic heterocycles. The second kappa shape index (κ2) is 8.12. The minimum Gasteiger partial charge on any atom is -0.356 e. The quantitative estimate of drug-likeness (QED) is 0.525. The monoisotopic (exact) mass is 462 g/mol. The number of nitrogens with zero attached hydrogens (tertiary/aromatic N) is 6. The first kappa shape index (κ1) is 22.1. The van der Waals surface area contributed by atoms with Gasteiger partial charge in [-0.1, -0.05) is 0 Å². The van der Waals surface area contributed by atoms with Gasteiger partial charge in [0.2, 0.25) is 12.3 Å². The highest BCUT2D eigenvalue weighted by atomic mass is 19.4. The van der Waals surface area contributed by atoms with Gasteiger partial charge in [-0.2, -0.15) is 13.2 Å². The fraction of sp³-hybridized carbons (Fsp3) is 0.263. The Hall–Kier alpha value is -4.07. The fourth-order valence-corrected chi connectivity index (χ4v) is 3.24. The van der Waals surface area contributed by atoms with Gasteiger partial charge in [-0.25, -0.2) is 9.97 Å². The molecule has 1 aliphatic rings. The predicted molar refractivity (Wildman–Crippen MR) is 108 cm³/mol. The van der Waals surface area contributed by atoms with E-state index in [0.29, 0.717) is 0 Å². The van der Waals surface area contributed by atoms with Crippen molar-refractivity contribution in [3.8, 4) is 11.3 Å². The average molecular weight is 462 g/mol. The molecule has 0 saturated carbocycles. The topological polar surface area (TPSA) is 138 Å². The number of fused-ring (bicyclic) bond motifs is 1. The highest BCUT2D eigenvalue weighted by Gasteiger charge is 2.34. The van der Waals surface area contributed by atoms with E-state index in [2.05, 4.69) is 30.6 Å². The first-order valence-corrected chi connectivity index (χ1v) is 9.47. The number of carbonyl (C=O) groups excluding carboxylic acids is 2. The number of aryl methyl sites for hydroxylation is 1. The van der Waals surface area contributed by atoms with Crippen molar-refractivity contribution in [1.29, 1.82) is 0 Å². The predicted octanol–water partition coefficient (Wildman–Crippen LogP) is 1.16. The Morgan fingerprint density at radius 3 is 2.76 bits per heavy atom. The fourth-order valence-electron chi connectivity index (χ4n) is 3.24. The highest BCUT2D eigenvalue weighted by molar-refractivity contribution is 6.00. The van der Waals surface area contributed by atoms with Gasteiger partial charge in [0.1, 0.15) is 6.54 Å². The van der Waals surface area contributed by atoms with E-state index >= 15 is 0 Å². The average Bonchev–Trinajstić information content (AvgIpc) is 3.16. The van der Waals surface area contributed by atoms with Crippen LogP contribution in [0.4, 0.5) is 24.8 Å². The number of halogens is 3. The number of aliphatic hydroxyl groups excluding tert-OH is 1. The highest BCUT2D eigenvalue weighted by Crippen LogP contribution is 2.33. The van der Waals surface area contributed by atoms with Crippen LogP contribution in [-0.2, 0) is 17.5 Å². The summed E-state index contributed by atoms with van der Waals surface area (Å²) in [6.45, 7) is 0.943. The normalized spacial score (nSPS) is 15.8. The summed E-state index contributed by atoms with van der Waals surface area (Å²) >= 11 is 0. The molecule has 1 aliphatic heterocycles. The number of rotatable bonds is 4. The van der Waals surface area contributed by atoms with Crippen LogP contribution in [0.1, 0.15) is 21.7 Å². The number of hydrogen-bond donors (Lipinski definition) is 3. The molecule has 0 saturated heterocycles. The lowest BCUT2D eigenvalue weighted by molar-refractivity contribution is -0.138. The van der Waals surface area contributed by atoms with Crippen molar-refractivity contribution in [2.75, 3.05) is 17.3 Å². The standard InChI is InChI=1S/C19H17F3N8O3/c1-9-11(19(20,21)22)3-10(4-24-9)12-5-23-6-13(26-12)27-14(31)7-30-8-25-16-15(30)17(32)28-18(33)29(16)2/h3-6,8,18,33H,7H2,1-2H3,(H,28,32)(H,26,27,31). The third kappa shape index (κ3) is 4.32. The van der Waals surface area contributed by atoms with Crippen molar-refractivity contribution in [2.45, 2.75) is 26.0 Å². The summed E-state index contributed by atoms with van der Waals surface area (Å²) in [6.07, 6.45) is -0.826. The summed E-state index contributed by atoms with van der Waals surface area (Å²) in [7, 11) is 1.52. The molecule has 2 amide bonds. The minimum absolute atomic E-state index is 0.00221. The molecule has 0 spiro atoms. The molecule has 11 nitrogen and oxygen atoms in total. The molecule has 172 valence electrons. The van der Waals surface area contributed by atoms with Crippen LogP contribution in [0.25, 0.3) is 11.3 Å². The zero-order chi connectivity index (χ0) is 23.9. The summed E-state index contributed by atoms with van der Waals surface area (Å²) in [5.41, 5.74) is -0.813. The summed E-state index contributed by atoms with van der Waals surface area (Å²) in [4.78, 5) is 41.9. The maximum Gasteiger partial charge on any atom is 0.418 e. The molecule has 3 N–H and O–H groups in total. The van der Waals surface area contributed by atoms with E-state index in [1.165, 1.54) is 48.4 Å². The minimum atomic E-state index is -4.58. The van der Waals surface area contributed by atoms with Gasteiger partial charge < -0.3 is 25.2 Å². The lowest BCUT2D eigenvalue weighted by Crippen LogP contribution is -2.51. The van der Waals surface area contributed by atoms with Gasteiger partial charge in [0, 0.05) is 24.5 Å². The molecule has 1 unspecified atom stereocenters. The maximum atomic E-state index is 13.2. The van der Waals surface area contributed by atoms with Crippen LogP contribution < -0.4 is 15.5 Å². The Balaban J connectivity index is 1.53. The molecule has 4 rings (SSSR count). The maximum absolute atomic E-state index is 13.2. The molecule has 0 aromatic carbocycles. The van der Waals surface area contributed by atoms with Gasteiger partial charge in [0.05, 0.1) is 30.0 Å². The lowest BCUT2D eigenvalue weighted by atomic mass is 10.1. The van der Waals surface area contributed by atoms with Crippen molar-refractivity contribution in [3.05, 3.63) is 47.9 Å². The number of aliphatic hydroxyl groups is 1. The SMILES string of the molecule is Cc1ncc(-c2cncc(NC(=O)Cn3cnc4c3C(=O)NC(O)N4C)n2)cc1C(F)(F)F. The van der Waals surface area contributed by atoms with Gasteiger partial charge in [-0.05, 0) is 13.0 Å². The lowest BCUT2D eigenvalue weighted by Gasteiger charge is -2.29. The number of nitrogens with one attached hydrogen (secondary N) is 2. The molecular formula is C19H17F3N8O3. The smallest absolute Gasteiger partial charge is 0.356 e. The Bertz CT molecular complexity index is 1240. The van der Waals surface area contributed by atoms with Crippen molar-refractivity contribution < 1.29 is 27.9 Å². The molecule has 0 radical (unpaired) electrons. The van der Waals surface area contributed by atoms with E-state index in [1.807, 2.05) is 0 Å². The molecule has 0 fully saturated rings. The molecule has 3 aromatic rings. The second-order valence-electron chi connectivity index (χ2n) is 7.20. The van der Waals surface area contributed by atoms with Gasteiger partial charge in [-0.3, -0.25) is 19.6 Å². The van der Waals surface area contributed by atoms with Crippen molar-refractivity contribution in [2.24, 2.45) is 0 Å². The van der Waals surface area contributed by atoms with E-state index in [4.69, 9.17) is 0 Å². The Morgan fingerprint density at radius 2 is 2.03 bits per heavy atom. The van der Waals surface area contributed by atoms with E-state index in [0.717, 1.165) is 6.07 Å². The number of hydrogen-bond acceptors (Lipinski definition) is 8. The Morgan fingerprint density at radius 1 is 1.27 bits per heavy atom. The first-order chi connectivity index (χ1) is 15.5. The van der Waals surface area contributed by atoms with Crippen LogP contribution in [-0.4, -0.2) is 54.8 Å². The van der Waals surface area contributed by atoms with Gasteiger partial charge >= 0.3 is 6.18 Å². The van der Waals surface area contributed by atoms with Crippen LogP contribution in [0.15, 0.2) is 31.0 Å². The van der Waals surface area contributed by atoms with Crippen molar-refractivity contribution >= 4 is 23.5 Å². The summed E-state index contributed by atoms with van der Waals surface area (Å²) in [6, 6.07) is 0.916. The number of aromatic nitrogens is 5. The van der Waals surface area contributed by atoms with Crippen LogP contribution in [0.3, 0.4) is 0 Å². The van der Waals surface area contributed by atoms with Gasteiger partial charge in [0.15, 0.2) is 17.3 Å². The summed E-state index contributed by atoms with van der Waals surface area (Å²) in [5, 5.41) is 14.6. The Kier molecular flexibility index (Phi) is 5.45. The Labute approximate surface area is 184 Å². The van der Waals surface area contributed by atoms with Crippen LogP contribution >= 0.6 is 0 Å². The number of alkyl halides is 3. The molecule has 14 heteroatoms. The molecular weight excluding hydrogens is 445 g/mol. The third-order valence-corrected chi connectivity index (χ3v) is 4.90. The largest absolute Gasteiger partial charge is 0.418 e. The van der Waals surface area contributed by atoms with Crippen molar-refractivity contribution in [1.82, 2.24) is 29.8 Å². The molecule has 1 atom stereocenters. The number of anilines is 2. The third-order valence-electron chi connectivity index (χ3n) is 4.90. The molecule has 33 heavy (non-hydrogen) atoms. The van der Waals surface area contributed by atoms with E-state index < -0.39 is 29.9 Å². The second-order valence-corrected chi connectivity index (χ2v) is 7.20. The number of carbonyl (C=O) groups is 2. The van der Waals surface area contributed by atoms with E-state index in [-0.39, 0.29) is 40.8 Å². The number of imidazole rings is 1. The molecule has 0 aliphatic carbocycles. The zero-order valence-electron chi connectivity index (χ0n) is 17.3. The zero-order valence-corrected chi connectivity index (χ0v) is 17.3. The number of amides is 2. The summed E-state index contributed by atoms with van der Waals surface area (Å²) in [5.74, 6) is -0.984. The van der Waals surface area contributed by atoms with Crippen molar-refractivity contribution in [3.63, 3.8) is 0 Å². The van der Waals surface area contributed by atoms with Gasteiger partial charge in [-0.15, -0.1) is 0 Å². The van der Waals surface area contributed by atoms with Gasteiger partial charge in [0.25, 0.3) is 5.91 Å². The van der Waals surface area contributed by atoms with Crippen LogP contribution in [0.2, 0.25) is 0 Å². The number of pyridine rings is 1. The van der Waals surface area contributed by atoms with Crippen LogP contribution in [0.5, 0.6) is 0 Å².